The molecule has 2 aromatic carbocycles. The van der Waals surface area contributed by atoms with Crippen LogP contribution in [0, 0.1) is 10.1 Å². The Morgan fingerprint density at radius 1 is 1.07 bits per heavy atom. The predicted octanol–water partition coefficient (Wildman–Crippen LogP) is 2.97. The average molecular weight is 384 g/mol. The lowest BCUT2D eigenvalue weighted by Gasteiger charge is -2.13. The Labute approximate surface area is 159 Å². The number of non-ortho nitro benzene ring substituents is 1. The van der Waals surface area contributed by atoms with Gasteiger partial charge in [0.1, 0.15) is 5.71 Å². The number of oxime groups is 1. The van der Waals surface area contributed by atoms with Crippen LogP contribution in [0.1, 0.15) is 11.1 Å². The topological polar surface area (TPSA) is 109 Å². The molecule has 2 aromatic rings. The Bertz CT molecular complexity index is 986. The number of benzene rings is 2. The number of rotatable bonds is 6. The normalized spacial score (nSPS) is 14.5. The number of nitro benzene ring substituents is 1. The van der Waals surface area contributed by atoms with Gasteiger partial charge in [0.05, 0.1) is 31.8 Å². The van der Waals surface area contributed by atoms with E-state index >= 15 is 0 Å². The molecule has 1 heterocycles. The zero-order valence-corrected chi connectivity index (χ0v) is 15.3. The first-order valence-corrected chi connectivity index (χ1v) is 8.04. The number of ether oxygens (including phenoxy) is 3. The second-order valence-electron chi connectivity index (χ2n) is 5.64. The van der Waals surface area contributed by atoms with Crippen LogP contribution in [0.5, 0.6) is 17.2 Å². The number of carbonyl (C=O) groups is 1. The summed E-state index contributed by atoms with van der Waals surface area (Å²) in [5.74, 6) is 0.487. The molecule has 0 radical (unpaired) electrons. The van der Waals surface area contributed by atoms with Crippen LogP contribution in [0.4, 0.5) is 5.69 Å². The maximum absolute atomic E-state index is 12.2. The summed E-state index contributed by atoms with van der Waals surface area (Å²) in [4.78, 5) is 27.5. The molecule has 144 valence electrons. The molecule has 0 saturated carbocycles. The Morgan fingerprint density at radius 3 is 2.32 bits per heavy atom. The number of nitro groups is 1. The van der Waals surface area contributed by atoms with Gasteiger partial charge in [0.25, 0.3) is 5.69 Å². The lowest BCUT2D eigenvalue weighted by atomic mass is 9.99. The third kappa shape index (κ3) is 3.50. The van der Waals surface area contributed by atoms with Gasteiger partial charge in [-0.25, -0.2) is 4.79 Å². The molecule has 0 saturated heterocycles. The quantitative estimate of drug-likeness (QED) is 0.326. The van der Waals surface area contributed by atoms with E-state index in [0.29, 0.717) is 28.4 Å². The average Bonchev–Trinajstić information content (AvgIpc) is 3.07. The van der Waals surface area contributed by atoms with Gasteiger partial charge < -0.3 is 19.0 Å². The Balaban J connectivity index is 2.08. The van der Waals surface area contributed by atoms with Crippen molar-refractivity contribution in [3.8, 4) is 17.2 Å². The van der Waals surface area contributed by atoms with Gasteiger partial charge in [-0.1, -0.05) is 17.3 Å². The van der Waals surface area contributed by atoms with Gasteiger partial charge >= 0.3 is 5.97 Å². The smallest absolute Gasteiger partial charge is 0.368 e. The first-order chi connectivity index (χ1) is 13.5. The van der Waals surface area contributed by atoms with Gasteiger partial charge in [0.2, 0.25) is 5.75 Å². The molecule has 0 bridgehead atoms. The lowest BCUT2D eigenvalue weighted by molar-refractivity contribution is -0.384. The second-order valence-corrected chi connectivity index (χ2v) is 5.64. The number of carbonyl (C=O) groups excluding carboxylic acids is 1. The van der Waals surface area contributed by atoms with E-state index in [1.165, 1.54) is 45.6 Å². The predicted molar refractivity (Wildman–Crippen MR) is 99.8 cm³/mol. The van der Waals surface area contributed by atoms with Gasteiger partial charge in [0.15, 0.2) is 11.5 Å². The van der Waals surface area contributed by atoms with Crippen molar-refractivity contribution in [2.45, 2.75) is 0 Å². The van der Waals surface area contributed by atoms with Crippen LogP contribution in [0.2, 0.25) is 0 Å². The first-order valence-electron chi connectivity index (χ1n) is 8.04. The standard InChI is InChI=1S/C19H16N2O7/c1-25-15-9-12(10-16(26-2)18(15)27-3)17-14(19(22)28-20-17)8-11-5-4-6-13(7-11)21(23)24/h4-10H,1-3H3/b14-8-. The summed E-state index contributed by atoms with van der Waals surface area (Å²) >= 11 is 0. The molecule has 1 aliphatic heterocycles. The van der Waals surface area contributed by atoms with Gasteiger partial charge in [-0.2, -0.15) is 0 Å². The summed E-state index contributed by atoms with van der Waals surface area (Å²) in [6.07, 6.45) is 1.48. The van der Waals surface area contributed by atoms with Crippen LogP contribution in [-0.4, -0.2) is 37.9 Å². The lowest BCUT2D eigenvalue weighted by Crippen LogP contribution is -2.08. The highest BCUT2D eigenvalue weighted by molar-refractivity contribution is 6.31. The van der Waals surface area contributed by atoms with Crippen LogP contribution in [0.15, 0.2) is 47.1 Å². The molecule has 0 fully saturated rings. The highest BCUT2D eigenvalue weighted by Gasteiger charge is 2.29. The van der Waals surface area contributed by atoms with Crippen molar-refractivity contribution < 1.29 is 28.8 Å². The fraction of sp³-hybridized carbons (Fsp3) is 0.158. The van der Waals surface area contributed by atoms with Gasteiger partial charge in [-0.15, -0.1) is 0 Å². The van der Waals surface area contributed by atoms with Crippen LogP contribution < -0.4 is 14.2 Å². The second kappa shape index (κ2) is 7.78. The maximum Gasteiger partial charge on any atom is 0.368 e. The first kappa shape index (κ1) is 18.9. The van der Waals surface area contributed by atoms with E-state index in [1.807, 2.05) is 0 Å². The number of hydrogen-bond acceptors (Lipinski definition) is 8. The van der Waals surface area contributed by atoms with E-state index in [4.69, 9.17) is 19.0 Å². The third-order valence-corrected chi connectivity index (χ3v) is 4.03. The number of hydrogen-bond donors (Lipinski definition) is 0. The Kier molecular flexibility index (Phi) is 5.25. The number of nitrogens with zero attached hydrogens (tertiary/aromatic N) is 2. The van der Waals surface area contributed by atoms with Crippen LogP contribution in [0.25, 0.3) is 6.08 Å². The van der Waals surface area contributed by atoms with Gasteiger partial charge in [-0.05, 0) is 23.8 Å². The highest BCUT2D eigenvalue weighted by atomic mass is 16.7. The van der Waals surface area contributed by atoms with Crippen molar-refractivity contribution in [2.75, 3.05) is 21.3 Å². The molecule has 0 aliphatic carbocycles. The van der Waals surface area contributed by atoms with E-state index < -0.39 is 10.9 Å². The van der Waals surface area contributed by atoms with E-state index in [1.54, 1.807) is 18.2 Å². The molecule has 0 aromatic heterocycles. The minimum atomic E-state index is -0.671. The summed E-state index contributed by atoms with van der Waals surface area (Å²) in [7, 11) is 4.42. The molecule has 0 amide bonds. The van der Waals surface area contributed by atoms with Gasteiger partial charge in [-0.3, -0.25) is 10.1 Å². The maximum atomic E-state index is 12.2. The van der Waals surface area contributed by atoms with E-state index in [9.17, 15) is 14.9 Å². The molecular weight excluding hydrogens is 368 g/mol. The highest BCUT2D eigenvalue weighted by Crippen LogP contribution is 2.39. The molecule has 0 unspecified atom stereocenters. The Hall–Kier alpha value is -3.88. The van der Waals surface area contributed by atoms with Crippen molar-refractivity contribution in [1.82, 2.24) is 0 Å². The Morgan fingerprint density at radius 2 is 1.75 bits per heavy atom. The van der Waals surface area contributed by atoms with E-state index in [-0.39, 0.29) is 17.0 Å². The third-order valence-electron chi connectivity index (χ3n) is 4.03. The fourth-order valence-electron chi connectivity index (χ4n) is 2.73. The van der Waals surface area contributed by atoms with Crippen molar-refractivity contribution >= 4 is 23.4 Å². The van der Waals surface area contributed by atoms with Crippen LogP contribution in [0.3, 0.4) is 0 Å². The van der Waals surface area contributed by atoms with Crippen molar-refractivity contribution in [3.05, 3.63) is 63.2 Å². The minimum absolute atomic E-state index is 0.0908. The van der Waals surface area contributed by atoms with Crippen LogP contribution in [-0.2, 0) is 9.63 Å². The van der Waals surface area contributed by atoms with Crippen molar-refractivity contribution in [1.29, 1.82) is 0 Å². The fourth-order valence-corrected chi connectivity index (χ4v) is 2.73. The summed E-state index contributed by atoms with van der Waals surface area (Å²) in [6, 6.07) is 9.14. The van der Waals surface area contributed by atoms with Crippen LogP contribution >= 0.6 is 0 Å². The largest absolute Gasteiger partial charge is 0.493 e. The molecule has 9 nitrogen and oxygen atoms in total. The summed E-state index contributed by atoms with van der Waals surface area (Å²) in [6.45, 7) is 0. The van der Waals surface area contributed by atoms with Crippen molar-refractivity contribution in [2.24, 2.45) is 5.16 Å². The van der Waals surface area contributed by atoms with Gasteiger partial charge in [0, 0.05) is 17.7 Å². The summed E-state index contributed by atoms with van der Waals surface area (Å²) in [5, 5.41) is 14.8. The minimum Gasteiger partial charge on any atom is -0.493 e. The molecule has 28 heavy (non-hydrogen) atoms. The number of methoxy groups -OCH3 is 3. The zero-order valence-electron chi connectivity index (χ0n) is 15.3. The molecule has 0 atom stereocenters. The summed E-state index contributed by atoms with van der Waals surface area (Å²) < 4.78 is 15.9. The monoisotopic (exact) mass is 384 g/mol. The van der Waals surface area contributed by atoms with E-state index in [0.717, 1.165) is 0 Å². The molecule has 0 spiro atoms. The van der Waals surface area contributed by atoms with E-state index in [2.05, 4.69) is 5.16 Å². The van der Waals surface area contributed by atoms with Crippen molar-refractivity contribution in [3.63, 3.8) is 0 Å². The molecular formula is C19H16N2O7. The SMILES string of the molecule is COc1cc(C2=NOC(=O)/C2=C\c2cccc([N+](=O)[O-])c2)cc(OC)c1OC. The summed E-state index contributed by atoms with van der Waals surface area (Å²) in [5.41, 5.74) is 1.26. The molecule has 1 aliphatic rings. The molecule has 3 rings (SSSR count). The molecule has 9 heteroatoms. The zero-order chi connectivity index (χ0) is 20.3. The molecule has 0 N–H and O–H groups in total.